The van der Waals surface area contributed by atoms with Crippen LogP contribution >= 0.6 is 31.9 Å². The van der Waals surface area contributed by atoms with Gasteiger partial charge >= 0.3 is 0 Å². The van der Waals surface area contributed by atoms with E-state index < -0.39 is 0 Å². The van der Waals surface area contributed by atoms with E-state index in [-0.39, 0.29) is 0 Å². The zero-order chi connectivity index (χ0) is 13.2. The van der Waals surface area contributed by atoms with Gasteiger partial charge in [0.1, 0.15) is 5.75 Å². The number of benzene rings is 1. The molecule has 18 heavy (non-hydrogen) atoms. The number of hydrogen-bond acceptors (Lipinski definition) is 3. The second-order valence-electron chi connectivity index (χ2n) is 3.87. The molecule has 0 aliphatic carbocycles. The van der Waals surface area contributed by atoms with Crippen molar-refractivity contribution in [3.05, 3.63) is 27.1 Å². The predicted molar refractivity (Wildman–Crippen MR) is 81.3 cm³/mol. The van der Waals surface area contributed by atoms with Crippen molar-refractivity contribution < 1.29 is 9.47 Å². The molecule has 0 aliphatic rings. The molecule has 0 aromatic heterocycles. The molecule has 0 aliphatic heterocycles. The van der Waals surface area contributed by atoms with Crippen LogP contribution in [0.25, 0.3) is 0 Å². The summed E-state index contributed by atoms with van der Waals surface area (Å²) in [6, 6.07) is 5.93. The molecule has 1 aromatic rings. The molecule has 0 heterocycles. The summed E-state index contributed by atoms with van der Waals surface area (Å²) in [6.07, 6.45) is 2.15. The molecule has 0 bridgehead atoms. The summed E-state index contributed by atoms with van der Waals surface area (Å²) in [7, 11) is 1.71. The largest absolute Gasteiger partial charge is 0.492 e. The Kier molecular flexibility index (Phi) is 8.67. The van der Waals surface area contributed by atoms with Crippen LogP contribution in [0.3, 0.4) is 0 Å². The van der Waals surface area contributed by atoms with Crippen LogP contribution in [0.4, 0.5) is 0 Å². The minimum absolute atomic E-state index is 0.742. The van der Waals surface area contributed by atoms with E-state index in [9.17, 15) is 0 Å². The van der Waals surface area contributed by atoms with E-state index >= 15 is 0 Å². The van der Waals surface area contributed by atoms with Gasteiger partial charge in [0.15, 0.2) is 0 Å². The van der Waals surface area contributed by atoms with Crippen LogP contribution in [0.1, 0.15) is 12.8 Å². The predicted octanol–water partition coefficient (Wildman–Crippen LogP) is 3.61. The number of methoxy groups -OCH3 is 1. The van der Waals surface area contributed by atoms with Crippen molar-refractivity contribution in [2.24, 2.45) is 0 Å². The molecule has 0 saturated carbocycles. The molecular formula is C13H19Br2NO2. The second-order valence-corrected chi connectivity index (χ2v) is 5.64. The molecule has 5 heteroatoms. The number of unbranched alkanes of at least 4 members (excludes halogenated alkanes) is 1. The van der Waals surface area contributed by atoms with Crippen molar-refractivity contribution in [1.82, 2.24) is 5.32 Å². The number of halogens is 2. The van der Waals surface area contributed by atoms with Crippen molar-refractivity contribution in [1.29, 1.82) is 0 Å². The van der Waals surface area contributed by atoms with Gasteiger partial charge in [-0.1, -0.05) is 15.9 Å². The Hall–Kier alpha value is -0.100. The number of rotatable bonds is 9. The van der Waals surface area contributed by atoms with Crippen molar-refractivity contribution in [3.8, 4) is 5.75 Å². The minimum Gasteiger partial charge on any atom is -0.492 e. The highest BCUT2D eigenvalue weighted by Crippen LogP contribution is 2.28. The third kappa shape index (κ3) is 6.73. The van der Waals surface area contributed by atoms with Crippen LogP contribution in [-0.2, 0) is 4.74 Å². The first-order valence-electron chi connectivity index (χ1n) is 6.01. The van der Waals surface area contributed by atoms with Gasteiger partial charge in [0.25, 0.3) is 0 Å². The fourth-order valence-electron chi connectivity index (χ4n) is 1.43. The number of ether oxygens (including phenoxy) is 2. The topological polar surface area (TPSA) is 30.5 Å². The van der Waals surface area contributed by atoms with E-state index in [4.69, 9.17) is 9.47 Å². The molecule has 1 aromatic carbocycles. The number of hydrogen-bond donors (Lipinski definition) is 1. The van der Waals surface area contributed by atoms with Gasteiger partial charge in [0.05, 0.1) is 17.7 Å². The van der Waals surface area contributed by atoms with Gasteiger partial charge in [-0.3, -0.25) is 0 Å². The Morgan fingerprint density at radius 3 is 2.67 bits per heavy atom. The SMILES string of the molecule is COCCNCCCCOc1ccc(Br)cc1Br. The van der Waals surface area contributed by atoms with Crippen LogP contribution < -0.4 is 10.1 Å². The average Bonchev–Trinajstić information content (AvgIpc) is 2.35. The van der Waals surface area contributed by atoms with Gasteiger partial charge in [0, 0.05) is 18.1 Å². The summed E-state index contributed by atoms with van der Waals surface area (Å²) in [5.41, 5.74) is 0. The smallest absolute Gasteiger partial charge is 0.133 e. The normalized spacial score (nSPS) is 10.6. The van der Waals surface area contributed by atoms with Gasteiger partial charge in [0.2, 0.25) is 0 Å². The first-order valence-corrected chi connectivity index (χ1v) is 7.60. The molecule has 0 unspecified atom stereocenters. The van der Waals surface area contributed by atoms with Crippen LogP contribution in [0.5, 0.6) is 5.75 Å². The standard InChI is InChI=1S/C13H19Br2NO2/c1-17-9-7-16-6-2-3-8-18-13-5-4-11(14)10-12(13)15/h4-5,10,16H,2-3,6-9H2,1H3. The van der Waals surface area contributed by atoms with E-state index in [2.05, 4.69) is 37.2 Å². The van der Waals surface area contributed by atoms with Crippen molar-refractivity contribution in [3.63, 3.8) is 0 Å². The van der Waals surface area contributed by atoms with Gasteiger partial charge in [-0.15, -0.1) is 0 Å². The molecule has 0 saturated heterocycles. The van der Waals surface area contributed by atoms with E-state index in [0.717, 1.165) is 53.8 Å². The van der Waals surface area contributed by atoms with Gasteiger partial charge in [-0.2, -0.15) is 0 Å². The van der Waals surface area contributed by atoms with Crippen LogP contribution in [0.2, 0.25) is 0 Å². The summed E-state index contributed by atoms with van der Waals surface area (Å²) in [6.45, 7) is 3.43. The maximum absolute atomic E-state index is 5.70. The molecule has 0 atom stereocenters. The van der Waals surface area contributed by atoms with Gasteiger partial charge in [-0.25, -0.2) is 0 Å². The van der Waals surface area contributed by atoms with Crippen molar-refractivity contribution in [2.75, 3.05) is 33.4 Å². The molecule has 1 N–H and O–H groups in total. The van der Waals surface area contributed by atoms with Crippen LogP contribution in [-0.4, -0.2) is 33.4 Å². The summed E-state index contributed by atoms with van der Waals surface area (Å²) in [4.78, 5) is 0. The lowest BCUT2D eigenvalue weighted by Gasteiger charge is -2.08. The maximum atomic E-state index is 5.70. The van der Waals surface area contributed by atoms with Crippen molar-refractivity contribution >= 4 is 31.9 Å². The van der Waals surface area contributed by atoms with E-state index in [1.165, 1.54) is 0 Å². The summed E-state index contributed by atoms with van der Waals surface area (Å²) >= 11 is 6.89. The summed E-state index contributed by atoms with van der Waals surface area (Å²) in [5, 5.41) is 3.31. The fourth-order valence-corrected chi connectivity index (χ4v) is 2.59. The lowest BCUT2D eigenvalue weighted by molar-refractivity contribution is 0.199. The lowest BCUT2D eigenvalue weighted by atomic mass is 10.3. The average molecular weight is 381 g/mol. The molecule has 1 rings (SSSR count). The molecular weight excluding hydrogens is 362 g/mol. The molecule has 0 amide bonds. The third-order valence-electron chi connectivity index (χ3n) is 2.38. The highest BCUT2D eigenvalue weighted by Gasteiger charge is 2.01. The Bertz CT molecular complexity index is 348. The zero-order valence-corrected chi connectivity index (χ0v) is 13.7. The number of nitrogens with one attached hydrogen (secondary N) is 1. The molecule has 3 nitrogen and oxygen atoms in total. The summed E-state index contributed by atoms with van der Waals surface area (Å²) < 4.78 is 12.7. The van der Waals surface area contributed by atoms with Crippen LogP contribution in [0.15, 0.2) is 27.1 Å². The van der Waals surface area contributed by atoms with E-state index in [0.29, 0.717) is 0 Å². The molecule has 0 fully saturated rings. The Morgan fingerprint density at radius 2 is 1.94 bits per heavy atom. The molecule has 0 radical (unpaired) electrons. The molecule has 102 valence electrons. The van der Waals surface area contributed by atoms with E-state index in [1.54, 1.807) is 7.11 Å². The lowest BCUT2D eigenvalue weighted by Crippen LogP contribution is -2.20. The third-order valence-corrected chi connectivity index (χ3v) is 3.50. The Labute approximate surface area is 125 Å². The monoisotopic (exact) mass is 379 g/mol. The zero-order valence-electron chi connectivity index (χ0n) is 10.5. The highest BCUT2D eigenvalue weighted by atomic mass is 79.9. The first kappa shape index (κ1) is 16.0. The Balaban J connectivity index is 2.07. The summed E-state index contributed by atoms with van der Waals surface area (Å²) in [5.74, 6) is 0.894. The fraction of sp³-hybridized carbons (Fsp3) is 0.538. The second kappa shape index (κ2) is 9.78. The van der Waals surface area contributed by atoms with Crippen molar-refractivity contribution in [2.45, 2.75) is 12.8 Å². The Morgan fingerprint density at radius 1 is 1.11 bits per heavy atom. The van der Waals surface area contributed by atoms with Gasteiger partial charge < -0.3 is 14.8 Å². The quantitative estimate of drug-likeness (QED) is 0.664. The minimum atomic E-state index is 0.742. The maximum Gasteiger partial charge on any atom is 0.133 e. The first-order chi connectivity index (χ1) is 8.74. The van der Waals surface area contributed by atoms with Gasteiger partial charge in [-0.05, 0) is 53.5 Å². The molecule has 0 spiro atoms. The highest BCUT2D eigenvalue weighted by molar-refractivity contribution is 9.11. The van der Waals surface area contributed by atoms with Crippen LogP contribution in [0, 0.1) is 0 Å². The van der Waals surface area contributed by atoms with E-state index in [1.807, 2.05) is 18.2 Å².